The molecule has 33 heavy (non-hydrogen) atoms. The van der Waals surface area contributed by atoms with Crippen LogP contribution in [-0.4, -0.2) is 49.2 Å². The van der Waals surface area contributed by atoms with Crippen molar-refractivity contribution in [2.45, 2.75) is 0 Å². The second-order valence-corrected chi connectivity index (χ2v) is 8.03. The zero-order chi connectivity index (χ0) is 22.4. The van der Waals surface area contributed by atoms with Crippen molar-refractivity contribution in [3.05, 3.63) is 73.4 Å². The number of hydrogen-bond donors (Lipinski definition) is 2. The first-order chi connectivity index (χ1) is 16.2. The molecule has 0 unspecified atom stereocenters. The predicted molar refractivity (Wildman–Crippen MR) is 130 cm³/mol. The van der Waals surface area contributed by atoms with E-state index in [4.69, 9.17) is 4.98 Å². The van der Waals surface area contributed by atoms with Crippen molar-refractivity contribution >= 4 is 27.6 Å². The van der Waals surface area contributed by atoms with Crippen molar-refractivity contribution < 1.29 is 0 Å². The van der Waals surface area contributed by atoms with Gasteiger partial charge in [0.2, 0.25) is 0 Å². The number of anilines is 1. The van der Waals surface area contributed by atoms with Crippen LogP contribution < -0.4 is 4.90 Å². The SMILES string of the molecule is CN(C)c1cncc(-c2ccc3[nH]nc(-c4cc5c(-c6ccncc6)nccc5[nH]4)c3n2)c1. The number of pyridine rings is 4. The van der Waals surface area contributed by atoms with E-state index in [1.807, 2.05) is 67.9 Å². The Bertz CT molecular complexity index is 1600. The number of nitrogens with one attached hydrogen (secondary N) is 2. The minimum atomic E-state index is 0.764. The Morgan fingerprint density at radius 2 is 1.67 bits per heavy atom. The van der Waals surface area contributed by atoms with Crippen LogP contribution in [0.5, 0.6) is 0 Å². The van der Waals surface area contributed by atoms with Crippen LogP contribution in [0.25, 0.3) is 55.8 Å². The van der Waals surface area contributed by atoms with Gasteiger partial charge < -0.3 is 9.88 Å². The Morgan fingerprint density at radius 3 is 2.52 bits per heavy atom. The summed E-state index contributed by atoms with van der Waals surface area (Å²) in [6, 6.07) is 14.0. The Hall–Kier alpha value is -4.59. The van der Waals surface area contributed by atoms with Crippen molar-refractivity contribution in [3.8, 4) is 33.9 Å². The molecule has 6 rings (SSSR count). The van der Waals surface area contributed by atoms with Crippen LogP contribution in [-0.2, 0) is 0 Å². The number of rotatable bonds is 4. The van der Waals surface area contributed by atoms with Gasteiger partial charge in [0.05, 0.1) is 34.5 Å². The van der Waals surface area contributed by atoms with Crippen molar-refractivity contribution in [1.29, 1.82) is 0 Å². The van der Waals surface area contributed by atoms with Gasteiger partial charge in [-0.1, -0.05) is 0 Å². The number of aromatic amines is 2. The van der Waals surface area contributed by atoms with Crippen LogP contribution in [0.15, 0.2) is 73.4 Å². The zero-order valence-electron chi connectivity index (χ0n) is 18.1. The normalized spacial score (nSPS) is 11.3. The Kier molecular flexibility index (Phi) is 4.36. The average Bonchev–Trinajstić information content (AvgIpc) is 3.48. The van der Waals surface area contributed by atoms with E-state index in [0.717, 1.165) is 61.5 Å². The molecule has 2 N–H and O–H groups in total. The van der Waals surface area contributed by atoms with E-state index >= 15 is 0 Å². The number of H-pyrrole nitrogens is 2. The summed E-state index contributed by atoms with van der Waals surface area (Å²) in [7, 11) is 3.99. The zero-order valence-corrected chi connectivity index (χ0v) is 18.1. The smallest absolute Gasteiger partial charge is 0.135 e. The molecule has 0 saturated heterocycles. The standard InChI is InChI=1S/C25H20N8/c1-33(2)17-11-16(13-27-14-17)19-3-4-21-24(30-19)25(32-31-21)22-12-18-20(29-22)7-10-28-23(18)15-5-8-26-9-6-15/h3-14,29H,1-2H3,(H,31,32). The molecule has 0 aromatic carbocycles. The van der Waals surface area contributed by atoms with Gasteiger partial charge in [-0.15, -0.1) is 0 Å². The molecule has 8 heteroatoms. The largest absolute Gasteiger partial charge is 0.376 e. The quantitative estimate of drug-likeness (QED) is 0.419. The van der Waals surface area contributed by atoms with Crippen LogP contribution in [0.1, 0.15) is 0 Å². The van der Waals surface area contributed by atoms with Gasteiger partial charge in [0.25, 0.3) is 0 Å². The maximum atomic E-state index is 4.94. The first-order valence-electron chi connectivity index (χ1n) is 10.5. The number of nitrogens with zero attached hydrogens (tertiary/aromatic N) is 6. The van der Waals surface area contributed by atoms with Crippen molar-refractivity contribution in [1.82, 2.24) is 35.1 Å². The highest BCUT2D eigenvalue weighted by atomic mass is 15.1. The third kappa shape index (κ3) is 3.28. The highest BCUT2D eigenvalue weighted by Crippen LogP contribution is 2.33. The highest BCUT2D eigenvalue weighted by Gasteiger charge is 2.16. The third-order valence-corrected chi connectivity index (χ3v) is 5.70. The van der Waals surface area contributed by atoms with Gasteiger partial charge in [0.15, 0.2) is 0 Å². The Balaban J connectivity index is 1.48. The van der Waals surface area contributed by atoms with Gasteiger partial charge in [-0.05, 0) is 42.5 Å². The van der Waals surface area contributed by atoms with E-state index in [2.05, 4.69) is 42.3 Å². The molecule has 0 amide bonds. The van der Waals surface area contributed by atoms with Crippen LogP contribution in [0.4, 0.5) is 5.69 Å². The Morgan fingerprint density at radius 1 is 0.788 bits per heavy atom. The molecule has 0 spiro atoms. The molecule has 0 atom stereocenters. The lowest BCUT2D eigenvalue weighted by atomic mass is 10.1. The fourth-order valence-electron chi connectivity index (χ4n) is 3.98. The van der Waals surface area contributed by atoms with Crippen LogP contribution in [0, 0.1) is 0 Å². The maximum absolute atomic E-state index is 4.94. The van der Waals surface area contributed by atoms with Gasteiger partial charge in [-0.25, -0.2) is 4.98 Å². The molecule has 0 saturated carbocycles. The second kappa shape index (κ2) is 7.52. The fraction of sp³-hybridized carbons (Fsp3) is 0.0800. The molecular weight excluding hydrogens is 412 g/mol. The molecule has 6 aromatic rings. The third-order valence-electron chi connectivity index (χ3n) is 5.70. The van der Waals surface area contributed by atoms with Gasteiger partial charge in [-0.3, -0.25) is 20.1 Å². The van der Waals surface area contributed by atoms with E-state index in [-0.39, 0.29) is 0 Å². The van der Waals surface area contributed by atoms with Crippen molar-refractivity contribution in [2.24, 2.45) is 0 Å². The van der Waals surface area contributed by atoms with Crippen molar-refractivity contribution in [3.63, 3.8) is 0 Å². The summed E-state index contributed by atoms with van der Waals surface area (Å²) in [5.41, 5.74) is 9.04. The first-order valence-corrected chi connectivity index (χ1v) is 10.5. The summed E-state index contributed by atoms with van der Waals surface area (Å²) >= 11 is 0. The van der Waals surface area contributed by atoms with Crippen LogP contribution in [0.3, 0.4) is 0 Å². The summed E-state index contributed by atoms with van der Waals surface area (Å²) in [6.07, 6.45) is 9.02. The predicted octanol–water partition coefficient (Wildman–Crippen LogP) is 4.69. The second-order valence-electron chi connectivity index (χ2n) is 8.03. The molecule has 0 fully saturated rings. The summed E-state index contributed by atoms with van der Waals surface area (Å²) in [4.78, 5) is 23.5. The average molecular weight is 432 g/mol. The molecule has 0 radical (unpaired) electrons. The van der Waals surface area contributed by atoms with Gasteiger partial charge >= 0.3 is 0 Å². The number of fused-ring (bicyclic) bond motifs is 2. The summed E-state index contributed by atoms with van der Waals surface area (Å²) in [5.74, 6) is 0. The van der Waals surface area contributed by atoms with Gasteiger partial charge in [-0.2, -0.15) is 5.10 Å². The molecule has 160 valence electrons. The molecule has 8 nitrogen and oxygen atoms in total. The molecule has 0 aliphatic carbocycles. The van der Waals surface area contributed by atoms with E-state index < -0.39 is 0 Å². The number of aromatic nitrogens is 7. The fourth-order valence-corrected chi connectivity index (χ4v) is 3.98. The Labute approximate surface area is 189 Å². The maximum Gasteiger partial charge on any atom is 0.135 e. The summed E-state index contributed by atoms with van der Waals surface area (Å²) in [5, 5.41) is 8.70. The lowest BCUT2D eigenvalue weighted by molar-refractivity contribution is 1.11. The molecule has 6 heterocycles. The minimum absolute atomic E-state index is 0.764. The summed E-state index contributed by atoms with van der Waals surface area (Å²) < 4.78 is 0. The molecule has 0 aliphatic heterocycles. The lowest BCUT2D eigenvalue weighted by Gasteiger charge is -2.12. The van der Waals surface area contributed by atoms with E-state index in [1.165, 1.54) is 0 Å². The lowest BCUT2D eigenvalue weighted by Crippen LogP contribution is -2.08. The van der Waals surface area contributed by atoms with Crippen LogP contribution in [0.2, 0.25) is 0 Å². The topological polar surface area (TPSA) is 99.3 Å². The monoisotopic (exact) mass is 432 g/mol. The highest BCUT2D eigenvalue weighted by molar-refractivity contribution is 5.99. The number of hydrogen-bond acceptors (Lipinski definition) is 6. The van der Waals surface area contributed by atoms with E-state index in [0.29, 0.717) is 0 Å². The van der Waals surface area contributed by atoms with Crippen molar-refractivity contribution in [2.75, 3.05) is 19.0 Å². The van der Waals surface area contributed by atoms with Gasteiger partial charge in [0, 0.05) is 60.9 Å². The van der Waals surface area contributed by atoms with Crippen LogP contribution >= 0.6 is 0 Å². The minimum Gasteiger partial charge on any atom is -0.376 e. The molecular formula is C25H20N8. The molecule has 0 bridgehead atoms. The molecule has 6 aromatic heterocycles. The van der Waals surface area contributed by atoms with Gasteiger partial charge in [0.1, 0.15) is 11.2 Å². The molecule has 0 aliphatic rings. The van der Waals surface area contributed by atoms with E-state index in [9.17, 15) is 0 Å². The van der Waals surface area contributed by atoms with E-state index in [1.54, 1.807) is 12.4 Å². The first kappa shape index (κ1) is 19.1. The summed E-state index contributed by atoms with van der Waals surface area (Å²) in [6.45, 7) is 0.